The maximum Gasteiger partial charge on any atom is 0.123 e. The van der Waals surface area contributed by atoms with Gasteiger partial charge >= 0.3 is 0 Å². The van der Waals surface area contributed by atoms with E-state index >= 15 is 0 Å². The number of aryl methyl sites for hydroxylation is 1. The van der Waals surface area contributed by atoms with Crippen molar-refractivity contribution in [3.63, 3.8) is 0 Å². The molecule has 0 radical (unpaired) electrons. The number of halogens is 4. The first-order valence-electron chi connectivity index (χ1n) is 4.84. The van der Waals surface area contributed by atoms with Crippen LogP contribution in [0.3, 0.4) is 0 Å². The first kappa shape index (κ1) is 13.7. The third-order valence-electron chi connectivity index (χ3n) is 2.30. The highest BCUT2D eigenvalue weighted by molar-refractivity contribution is 9.11. The molecule has 0 saturated heterocycles. The fraction of sp³-hybridized carbons (Fsp3) is 0.167. The van der Waals surface area contributed by atoms with Crippen LogP contribution in [0, 0.1) is 12.7 Å². The molecule has 1 aromatic heterocycles. The monoisotopic (exact) mass is 440 g/mol. The summed E-state index contributed by atoms with van der Waals surface area (Å²) in [7, 11) is 0. The normalized spacial score (nSPS) is 12.8. The van der Waals surface area contributed by atoms with Crippen molar-refractivity contribution in [1.82, 2.24) is 0 Å². The van der Waals surface area contributed by atoms with Crippen LogP contribution in [0.1, 0.15) is 20.1 Å². The average molecular weight is 443 g/mol. The minimum absolute atomic E-state index is 0.0133. The van der Waals surface area contributed by atoms with Crippen LogP contribution in [0.2, 0.25) is 0 Å². The van der Waals surface area contributed by atoms with Crippen LogP contribution < -0.4 is 0 Å². The Morgan fingerprint density at radius 1 is 1.18 bits per heavy atom. The van der Waals surface area contributed by atoms with E-state index in [4.69, 9.17) is 0 Å². The van der Waals surface area contributed by atoms with Crippen LogP contribution in [0.25, 0.3) is 0 Å². The Labute approximate surface area is 129 Å². The minimum atomic E-state index is -0.225. The van der Waals surface area contributed by atoms with Gasteiger partial charge < -0.3 is 0 Å². The van der Waals surface area contributed by atoms with E-state index in [1.807, 2.05) is 0 Å². The summed E-state index contributed by atoms with van der Waals surface area (Å²) in [5.74, 6) is -0.225. The minimum Gasteiger partial charge on any atom is -0.207 e. The van der Waals surface area contributed by atoms with Crippen molar-refractivity contribution >= 4 is 59.1 Å². The predicted octanol–water partition coefficient (Wildman–Crippen LogP) is 6.20. The fourth-order valence-corrected chi connectivity index (χ4v) is 5.40. The van der Waals surface area contributed by atoms with Gasteiger partial charge in [-0.05, 0) is 52.7 Å². The van der Waals surface area contributed by atoms with Gasteiger partial charge in [0.05, 0.1) is 4.83 Å². The van der Waals surface area contributed by atoms with Gasteiger partial charge in [-0.1, -0.05) is 31.9 Å². The molecule has 1 heterocycles. The molecule has 0 aliphatic heterocycles. The Morgan fingerprint density at radius 3 is 2.47 bits per heavy atom. The molecule has 0 spiro atoms. The molecule has 90 valence electrons. The first-order chi connectivity index (χ1) is 7.99. The molecule has 1 atom stereocenters. The van der Waals surface area contributed by atoms with Crippen molar-refractivity contribution in [1.29, 1.82) is 0 Å². The third-order valence-corrected chi connectivity index (χ3v) is 6.31. The van der Waals surface area contributed by atoms with E-state index < -0.39 is 0 Å². The van der Waals surface area contributed by atoms with Crippen LogP contribution in [0.4, 0.5) is 4.39 Å². The van der Waals surface area contributed by atoms with E-state index in [9.17, 15) is 4.39 Å². The van der Waals surface area contributed by atoms with Gasteiger partial charge in [-0.15, -0.1) is 11.3 Å². The molecule has 0 N–H and O–H groups in total. The molecule has 2 rings (SSSR count). The molecular formula is C12H8Br3FS. The lowest BCUT2D eigenvalue weighted by atomic mass is 10.1. The number of rotatable bonds is 2. The quantitative estimate of drug-likeness (QED) is 0.485. The van der Waals surface area contributed by atoms with E-state index in [-0.39, 0.29) is 10.6 Å². The van der Waals surface area contributed by atoms with Crippen molar-refractivity contribution in [3.05, 3.63) is 54.3 Å². The Bertz CT molecular complexity index is 551. The Morgan fingerprint density at radius 2 is 1.88 bits per heavy atom. The topological polar surface area (TPSA) is 0 Å². The van der Waals surface area contributed by atoms with Crippen LogP contribution in [0.15, 0.2) is 33.2 Å². The molecule has 1 unspecified atom stereocenters. The number of alkyl halides is 1. The highest BCUT2D eigenvalue weighted by Crippen LogP contribution is 2.42. The smallest absolute Gasteiger partial charge is 0.123 e. The molecule has 17 heavy (non-hydrogen) atoms. The van der Waals surface area contributed by atoms with E-state index in [1.54, 1.807) is 23.5 Å². The highest BCUT2D eigenvalue weighted by Gasteiger charge is 2.19. The molecule has 0 nitrogen and oxygen atoms in total. The van der Waals surface area contributed by atoms with E-state index in [2.05, 4.69) is 60.8 Å². The Balaban J connectivity index is 2.46. The Hall–Kier alpha value is 0.290. The van der Waals surface area contributed by atoms with Gasteiger partial charge in [0.2, 0.25) is 0 Å². The molecule has 0 saturated carbocycles. The number of thiophene rings is 1. The SMILES string of the molecule is Cc1cc(Br)c(C(Br)c2cc(F)ccc2Br)s1. The molecule has 0 amide bonds. The van der Waals surface area contributed by atoms with E-state index in [0.29, 0.717) is 0 Å². The molecule has 5 heteroatoms. The van der Waals surface area contributed by atoms with Gasteiger partial charge in [0.25, 0.3) is 0 Å². The third kappa shape index (κ3) is 3.00. The second-order valence-electron chi connectivity index (χ2n) is 3.60. The molecular weight excluding hydrogens is 435 g/mol. The lowest BCUT2D eigenvalue weighted by Crippen LogP contribution is -1.93. The van der Waals surface area contributed by atoms with Crippen LogP contribution >= 0.6 is 59.1 Å². The van der Waals surface area contributed by atoms with Crippen LogP contribution in [-0.2, 0) is 0 Å². The molecule has 0 fully saturated rings. The summed E-state index contributed by atoms with van der Waals surface area (Å²) in [6.45, 7) is 2.05. The van der Waals surface area contributed by atoms with Gasteiger partial charge in [0, 0.05) is 18.7 Å². The van der Waals surface area contributed by atoms with Gasteiger partial charge in [-0.3, -0.25) is 0 Å². The number of benzene rings is 1. The molecule has 0 aliphatic carbocycles. The summed E-state index contributed by atoms with van der Waals surface area (Å²) >= 11 is 12.3. The average Bonchev–Trinajstić information content (AvgIpc) is 2.60. The largest absolute Gasteiger partial charge is 0.207 e. The van der Waals surface area contributed by atoms with Crippen molar-refractivity contribution in [2.45, 2.75) is 11.8 Å². The van der Waals surface area contributed by atoms with Gasteiger partial charge in [0.15, 0.2) is 0 Å². The van der Waals surface area contributed by atoms with Crippen molar-refractivity contribution in [3.8, 4) is 0 Å². The molecule has 1 aromatic carbocycles. The van der Waals surface area contributed by atoms with Gasteiger partial charge in [0.1, 0.15) is 5.82 Å². The van der Waals surface area contributed by atoms with Gasteiger partial charge in [-0.25, -0.2) is 4.39 Å². The number of hydrogen-bond donors (Lipinski definition) is 0. The summed E-state index contributed by atoms with van der Waals surface area (Å²) in [6.07, 6.45) is 0. The summed E-state index contributed by atoms with van der Waals surface area (Å²) in [4.78, 5) is 2.36. The summed E-state index contributed by atoms with van der Waals surface area (Å²) < 4.78 is 15.2. The Kier molecular flexibility index (Phi) is 4.45. The lowest BCUT2D eigenvalue weighted by Gasteiger charge is -2.11. The highest BCUT2D eigenvalue weighted by atomic mass is 79.9. The first-order valence-corrected chi connectivity index (χ1v) is 8.15. The standard InChI is InChI=1S/C12H8Br3FS/c1-6-4-10(14)12(17-6)11(15)8-5-7(16)2-3-9(8)13/h2-5,11H,1H3. The molecule has 0 aliphatic rings. The van der Waals surface area contributed by atoms with Crippen LogP contribution in [-0.4, -0.2) is 0 Å². The zero-order valence-electron chi connectivity index (χ0n) is 8.81. The maximum atomic E-state index is 13.3. The predicted molar refractivity (Wildman–Crippen MR) is 81.6 cm³/mol. The van der Waals surface area contributed by atoms with Gasteiger partial charge in [-0.2, -0.15) is 0 Å². The maximum absolute atomic E-state index is 13.3. The van der Waals surface area contributed by atoms with E-state index in [1.165, 1.54) is 10.9 Å². The summed E-state index contributed by atoms with van der Waals surface area (Å²) in [5, 5.41) is 0. The van der Waals surface area contributed by atoms with Crippen molar-refractivity contribution in [2.24, 2.45) is 0 Å². The molecule has 2 aromatic rings. The lowest BCUT2D eigenvalue weighted by molar-refractivity contribution is 0.625. The zero-order chi connectivity index (χ0) is 12.6. The van der Waals surface area contributed by atoms with Crippen LogP contribution in [0.5, 0.6) is 0 Å². The molecule has 0 bridgehead atoms. The summed E-state index contributed by atoms with van der Waals surface area (Å²) in [5.41, 5.74) is 0.896. The zero-order valence-corrected chi connectivity index (χ0v) is 14.4. The second-order valence-corrected chi connectivity index (χ2v) is 7.51. The summed E-state index contributed by atoms with van der Waals surface area (Å²) in [6, 6.07) is 6.79. The fourth-order valence-electron chi connectivity index (χ4n) is 1.52. The number of hydrogen-bond acceptors (Lipinski definition) is 1. The van der Waals surface area contributed by atoms with E-state index in [0.717, 1.165) is 19.4 Å². The van der Waals surface area contributed by atoms with Crippen molar-refractivity contribution < 1.29 is 4.39 Å². The van der Waals surface area contributed by atoms with Crippen molar-refractivity contribution in [2.75, 3.05) is 0 Å². The second kappa shape index (κ2) is 5.51.